The van der Waals surface area contributed by atoms with Gasteiger partial charge in [0.25, 0.3) is 5.69 Å². The van der Waals surface area contributed by atoms with Crippen LogP contribution in [0.5, 0.6) is 0 Å². The van der Waals surface area contributed by atoms with Crippen LogP contribution < -0.4 is 9.80 Å². The third-order valence-corrected chi connectivity index (χ3v) is 8.44. The van der Waals surface area contributed by atoms with Crippen molar-refractivity contribution in [1.82, 2.24) is 4.31 Å². The van der Waals surface area contributed by atoms with Gasteiger partial charge < -0.3 is 9.80 Å². The van der Waals surface area contributed by atoms with Crippen molar-refractivity contribution in [3.8, 4) is 6.07 Å². The Morgan fingerprint density at radius 3 is 2.12 bits per heavy atom. The molecule has 2 heterocycles. The summed E-state index contributed by atoms with van der Waals surface area (Å²) in [6.45, 7) is 3.56. The number of nitro groups is 1. The van der Waals surface area contributed by atoms with Crippen molar-refractivity contribution in [2.75, 3.05) is 49.1 Å². The maximum absolute atomic E-state index is 13.2. The number of rotatable bonds is 5. The molecule has 2 aliphatic rings. The van der Waals surface area contributed by atoms with E-state index in [4.69, 9.17) is 5.26 Å². The standard InChI is InChI=1S/C24H29N5O4S/c25-19-20-6-8-21(9-7-20)26-12-5-13-27(17-16-26)23-11-10-22(18-24(23)29(30)31)34(32,33)28-14-3-1-2-4-15-28/h6-11,18H,1-5,12-17H2. The highest BCUT2D eigenvalue weighted by molar-refractivity contribution is 7.89. The average molecular weight is 484 g/mol. The Hall–Kier alpha value is -3.16. The normalized spacial score (nSPS) is 18.1. The lowest BCUT2D eigenvalue weighted by molar-refractivity contribution is -0.384. The maximum Gasteiger partial charge on any atom is 0.293 e. The van der Waals surface area contributed by atoms with Crippen LogP contribution in [-0.4, -0.2) is 56.9 Å². The number of nitro benzene ring substituents is 1. The Kier molecular flexibility index (Phi) is 7.34. The summed E-state index contributed by atoms with van der Waals surface area (Å²) >= 11 is 0. The van der Waals surface area contributed by atoms with Crippen LogP contribution in [0.4, 0.5) is 17.1 Å². The van der Waals surface area contributed by atoms with Crippen molar-refractivity contribution < 1.29 is 13.3 Å². The molecular weight excluding hydrogens is 454 g/mol. The van der Waals surface area contributed by atoms with Gasteiger partial charge in [0, 0.05) is 51.0 Å². The Labute approximate surface area is 200 Å². The van der Waals surface area contributed by atoms with Gasteiger partial charge in [0.05, 0.1) is 21.5 Å². The summed E-state index contributed by atoms with van der Waals surface area (Å²) < 4.78 is 27.8. The molecule has 0 N–H and O–H groups in total. The minimum Gasteiger partial charge on any atom is -0.370 e. The third kappa shape index (κ3) is 5.16. The first-order valence-corrected chi connectivity index (χ1v) is 13.1. The molecule has 180 valence electrons. The van der Waals surface area contributed by atoms with Gasteiger partial charge in [-0.2, -0.15) is 9.57 Å². The van der Waals surface area contributed by atoms with Crippen LogP contribution in [0.15, 0.2) is 47.4 Å². The highest BCUT2D eigenvalue weighted by Gasteiger charge is 2.29. The number of hydrogen-bond donors (Lipinski definition) is 0. The molecule has 2 aromatic rings. The number of nitrogens with zero attached hydrogens (tertiary/aromatic N) is 5. The van der Waals surface area contributed by atoms with Crippen LogP contribution in [0.1, 0.15) is 37.7 Å². The van der Waals surface area contributed by atoms with Crippen LogP contribution in [0, 0.1) is 21.4 Å². The van der Waals surface area contributed by atoms with E-state index in [1.54, 1.807) is 18.2 Å². The van der Waals surface area contributed by atoms with Gasteiger partial charge in [0.2, 0.25) is 10.0 Å². The lowest BCUT2D eigenvalue weighted by atomic mass is 10.2. The average Bonchev–Trinajstić information content (AvgIpc) is 3.28. The van der Waals surface area contributed by atoms with E-state index >= 15 is 0 Å². The first-order chi connectivity index (χ1) is 16.4. The first kappa shape index (κ1) is 24.0. The zero-order chi connectivity index (χ0) is 24.1. The van der Waals surface area contributed by atoms with E-state index in [1.165, 1.54) is 16.4 Å². The van der Waals surface area contributed by atoms with Crippen LogP contribution in [0.2, 0.25) is 0 Å². The minimum absolute atomic E-state index is 0.0149. The van der Waals surface area contributed by atoms with Crippen LogP contribution >= 0.6 is 0 Å². The van der Waals surface area contributed by atoms with Crippen LogP contribution in [-0.2, 0) is 10.0 Å². The number of benzene rings is 2. The summed E-state index contributed by atoms with van der Waals surface area (Å²) in [5, 5.41) is 20.9. The van der Waals surface area contributed by atoms with E-state index in [-0.39, 0.29) is 10.6 Å². The minimum atomic E-state index is -3.77. The summed E-state index contributed by atoms with van der Waals surface area (Å²) in [7, 11) is -3.77. The Morgan fingerprint density at radius 2 is 1.47 bits per heavy atom. The number of nitriles is 1. The molecule has 0 aromatic heterocycles. The molecule has 2 aliphatic heterocycles. The number of hydrogen-bond acceptors (Lipinski definition) is 7. The number of anilines is 2. The van der Waals surface area contributed by atoms with E-state index in [0.717, 1.165) is 44.3 Å². The second-order valence-electron chi connectivity index (χ2n) is 8.71. The molecule has 2 fully saturated rings. The van der Waals surface area contributed by atoms with Crippen LogP contribution in [0.3, 0.4) is 0 Å². The molecular formula is C24H29N5O4S. The molecule has 0 radical (unpaired) electrons. The molecule has 0 aliphatic carbocycles. The van der Waals surface area contributed by atoms with Gasteiger partial charge in [0.1, 0.15) is 5.69 Å². The SMILES string of the molecule is N#Cc1ccc(N2CCCN(c3ccc(S(=O)(=O)N4CCCCCC4)cc3[N+](=O)[O-])CC2)cc1. The Balaban J connectivity index is 1.55. The largest absolute Gasteiger partial charge is 0.370 e. The summed E-state index contributed by atoms with van der Waals surface area (Å²) in [5.74, 6) is 0. The van der Waals surface area contributed by atoms with Crippen molar-refractivity contribution in [2.24, 2.45) is 0 Å². The van der Waals surface area contributed by atoms with Crippen molar-refractivity contribution in [2.45, 2.75) is 37.0 Å². The smallest absolute Gasteiger partial charge is 0.293 e. The summed E-state index contributed by atoms with van der Waals surface area (Å²) in [6, 6.07) is 13.8. The first-order valence-electron chi connectivity index (χ1n) is 11.7. The van der Waals surface area contributed by atoms with Gasteiger partial charge in [-0.3, -0.25) is 10.1 Å². The van der Waals surface area contributed by atoms with E-state index in [0.29, 0.717) is 44.0 Å². The molecule has 0 unspecified atom stereocenters. The predicted molar refractivity (Wildman–Crippen MR) is 131 cm³/mol. The highest BCUT2D eigenvalue weighted by atomic mass is 32.2. The molecule has 9 nitrogen and oxygen atoms in total. The van der Waals surface area contributed by atoms with Crippen molar-refractivity contribution in [3.05, 3.63) is 58.1 Å². The quantitative estimate of drug-likeness (QED) is 0.470. The summed E-state index contributed by atoms with van der Waals surface area (Å²) in [5.41, 5.74) is 1.88. The van der Waals surface area contributed by atoms with Gasteiger partial charge in [-0.25, -0.2) is 8.42 Å². The van der Waals surface area contributed by atoms with Crippen LogP contribution in [0.25, 0.3) is 0 Å². The molecule has 4 rings (SSSR count). The van der Waals surface area contributed by atoms with Gasteiger partial charge in [0.15, 0.2) is 0 Å². The third-order valence-electron chi connectivity index (χ3n) is 6.54. The lowest BCUT2D eigenvalue weighted by Gasteiger charge is -2.25. The zero-order valence-corrected chi connectivity index (χ0v) is 19.9. The Morgan fingerprint density at radius 1 is 0.824 bits per heavy atom. The molecule has 0 atom stereocenters. The van der Waals surface area contributed by atoms with Crippen molar-refractivity contribution >= 4 is 27.1 Å². The fraction of sp³-hybridized carbons (Fsp3) is 0.458. The monoisotopic (exact) mass is 483 g/mol. The highest BCUT2D eigenvalue weighted by Crippen LogP contribution is 2.33. The molecule has 34 heavy (non-hydrogen) atoms. The van der Waals surface area contributed by atoms with Gasteiger partial charge in [-0.1, -0.05) is 12.8 Å². The molecule has 10 heteroatoms. The fourth-order valence-corrected chi connectivity index (χ4v) is 6.21. The second kappa shape index (κ2) is 10.4. The number of sulfonamides is 1. The van der Waals surface area contributed by atoms with E-state index in [9.17, 15) is 18.5 Å². The summed E-state index contributed by atoms with van der Waals surface area (Å²) in [4.78, 5) is 15.6. The van der Waals surface area contributed by atoms with Gasteiger partial charge in [-0.05, 0) is 55.7 Å². The summed E-state index contributed by atoms with van der Waals surface area (Å²) in [6.07, 6.45) is 4.41. The lowest BCUT2D eigenvalue weighted by Crippen LogP contribution is -2.32. The molecule has 0 bridgehead atoms. The molecule has 0 saturated carbocycles. The zero-order valence-electron chi connectivity index (χ0n) is 19.1. The van der Waals surface area contributed by atoms with E-state index in [1.807, 2.05) is 17.0 Å². The van der Waals surface area contributed by atoms with E-state index < -0.39 is 14.9 Å². The molecule has 0 spiro atoms. The predicted octanol–water partition coefficient (Wildman–Crippen LogP) is 3.75. The second-order valence-corrected chi connectivity index (χ2v) is 10.7. The van der Waals surface area contributed by atoms with Crippen molar-refractivity contribution in [1.29, 1.82) is 5.26 Å². The Bertz CT molecular complexity index is 1170. The van der Waals surface area contributed by atoms with E-state index in [2.05, 4.69) is 11.0 Å². The van der Waals surface area contributed by atoms with Gasteiger partial charge >= 0.3 is 0 Å². The van der Waals surface area contributed by atoms with Crippen molar-refractivity contribution in [3.63, 3.8) is 0 Å². The maximum atomic E-state index is 13.2. The molecule has 2 saturated heterocycles. The van der Waals surface area contributed by atoms with Gasteiger partial charge in [-0.15, -0.1) is 0 Å². The molecule has 2 aromatic carbocycles. The fourth-order valence-electron chi connectivity index (χ4n) is 4.67. The molecule has 0 amide bonds. The topological polar surface area (TPSA) is 111 Å².